The lowest BCUT2D eigenvalue weighted by molar-refractivity contribution is -0.120. The highest BCUT2D eigenvalue weighted by Gasteiger charge is 2.21. The van der Waals surface area contributed by atoms with E-state index in [0.29, 0.717) is 6.54 Å². The summed E-state index contributed by atoms with van der Waals surface area (Å²) >= 11 is 0. The predicted molar refractivity (Wildman–Crippen MR) is 77.8 cm³/mol. The lowest BCUT2D eigenvalue weighted by Crippen LogP contribution is -2.49. The molecule has 0 spiro atoms. The standard InChI is InChI=1S/C14H20F2N2O.ClH/c1-3-14(17,4-2)9-18-13(19)7-10-5-6-11(15)8-12(10)16;/h5-6,8H,3-4,7,9,17H2,1-2H3,(H,18,19);1H. The van der Waals surface area contributed by atoms with Crippen molar-refractivity contribution in [3.05, 3.63) is 35.4 Å². The maximum absolute atomic E-state index is 13.4. The molecule has 114 valence electrons. The van der Waals surface area contributed by atoms with Gasteiger partial charge in [0, 0.05) is 18.2 Å². The first-order chi connectivity index (χ1) is 8.90. The Balaban J connectivity index is 0.00000361. The molecule has 0 bridgehead atoms. The summed E-state index contributed by atoms with van der Waals surface area (Å²) in [5, 5.41) is 2.69. The molecule has 20 heavy (non-hydrogen) atoms. The quantitative estimate of drug-likeness (QED) is 0.848. The van der Waals surface area contributed by atoms with Crippen LogP contribution in [0.4, 0.5) is 8.78 Å². The molecular formula is C14H21ClF2N2O. The van der Waals surface area contributed by atoms with Crippen LogP contribution in [0.5, 0.6) is 0 Å². The maximum Gasteiger partial charge on any atom is 0.224 e. The number of amides is 1. The second-order valence-electron chi connectivity index (χ2n) is 4.76. The smallest absolute Gasteiger partial charge is 0.224 e. The molecule has 0 aliphatic heterocycles. The zero-order valence-electron chi connectivity index (χ0n) is 11.7. The van der Waals surface area contributed by atoms with Gasteiger partial charge in [0.05, 0.1) is 6.42 Å². The number of nitrogens with two attached hydrogens (primary N) is 1. The van der Waals surface area contributed by atoms with Crippen LogP contribution in [0.15, 0.2) is 18.2 Å². The van der Waals surface area contributed by atoms with Crippen LogP contribution in [0.2, 0.25) is 0 Å². The molecule has 0 fully saturated rings. The third-order valence-electron chi connectivity index (χ3n) is 3.41. The molecule has 1 rings (SSSR count). The van der Waals surface area contributed by atoms with Crippen LogP contribution in [0.1, 0.15) is 32.3 Å². The van der Waals surface area contributed by atoms with Crippen molar-refractivity contribution in [3.8, 4) is 0 Å². The minimum Gasteiger partial charge on any atom is -0.354 e. The van der Waals surface area contributed by atoms with Gasteiger partial charge in [-0.3, -0.25) is 4.79 Å². The van der Waals surface area contributed by atoms with E-state index >= 15 is 0 Å². The van der Waals surface area contributed by atoms with Crippen LogP contribution in [0, 0.1) is 11.6 Å². The summed E-state index contributed by atoms with van der Waals surface area (Å²) in [4.78, 5) is 11.7. The number of benzene rings is 1. The van der Waals surface area contributed by atoms with E-state index < -0.39 is 17.2 Å². The minimum absolute atomic E-state index is 0. The Bertz CT molecular complexity index is 451. The van der Waals surface area contributed by atoms with E-state index in [9.17, 15) is 13.6 Å². The van der Waals surface area contributed by atoms with Gasteiger partial charge in [-0.25, -0.2) is 8.78 Å². The van der Waals surface area contributed by atoms with Crippen molar-refractivity contribution >= 4 is 18.3 Å². The molecule has 0 atom stereocenters. The van der Waals surface area contributed by atoms with E-state index in [0.717, 1.165) is 25.0 Å². The molecule has 1 amide bonds. The van der Waals surface area contributed by atoms with Crippen molar-refractivity contribution in [2.24, 2.45) is 5.73 Å². The van der Waals surface area contributed by atoms with Crippen LogP contribution in [0.25, 0.3) is 0 Å². The topological polar surface area (TPSA) is 55.1 Å². The van der Waals surface area contributed by atoms with E-state index in [1.54, 1.807) is 0 Å². The van der Waals surface area contributed by atoms with E-state index in [1.165, 1.54) is 6.07 Å². The van der Waals surface area contributed by atoms with E-state index in [4.69, 9.17) is 5.73 Å². The fraction of sp³-hybridized carbons (Fsp3) is 0.500. The number of halogens is 3. The number of carbonyl (C=O) groups is 1. The van der Waals surface area contributed by atoms with Gasteiger partial charge in [-0.2, -0.15) is 0 Å². The number of hydrogen-bond acceptors (Lipinski definition) is 2. The maximum atomic E-state index is 13.4. The summed E-state index contributed by atoms with van der Waals surface area (Å²) in [7, 11) is 0. The fourth-order valence-corrected chi connectivity index (χ4v) is 1.68. The molecular weight excluding hydrogens is 286 g/mol. The molecule has 3 N–H and O–H groups in total. The Morgan fingerprint density at radius 1 is 1.30 bits per heavy atom. The molecule has 0 heterocycles. The van der Waals surface area contributed by atoms with E-state index in [-0.39, 0.29) is 30.3 Å². The molecule has 0 unspecified atom stereocenters. The van der Waals surface area contributed by atoms with Crippen molar-refractivity contribution in [1.29, 1.82) is 0 Å². The fourth-order valence-electron chi connectivity index (χ4n) is 1.68. The first-order valence-electron chi connectivity index (χ1n) is 6.39. The Kier molecular flexibility index (Phi) is 7.68. The summed E-state index contributed by atoms with van der Waals surface area (Å²) < 4.78 is 26.1. The van der Waals surface area contributed by atoms with Crippen LogP contribution in [-0.2, 0) is 11.2 Å². The summed E-state index contributed by atoms with van der Waals surface area (Å²) in [5.74, 6) is -1.68. The Morgan fingerprint density at radius 3 is 2.40 bits per heavy atom. The van der Waals surface area contributed by atoms with Gasteiger partial charge in [0.25, 0.3) is 0 Å². The summed E-state index contributed by atoms with van der Waals surface area (Å²) in [6, 6.07) is 3.19. The molecule has 1 aromatic carbocycles. The van der Waals surface area contributed by atoms with Gasteiger partial charge < -0.3 is 11.1 Å². The van der Waals surface area contributed by atoms with Gasteiger partial charge in [-0.05, 0) is 24.5 Å². The third kappa shape index (κ3) is 5.43. The van der Waals surface area contributed by atoms with Gasteiger partial charge in [0.1, 0.15) is 11.6 Å². The van der Waals surface area contributed by atoms with E-state index in [2.05, 4.69) is 5.32 Å². The lowest BCUT2D eigenvalue weighted by atomic mass is 9.94. The van der Waals surface area contributed by atoms with Crippen LogP contribution >= 0.6 is 12.4 Å². The molecule has 0 saturated carbocycles. The van der Waals surface area contributed by atoms with Crippen molar-refractivity contribution in [2.45, 2.75) is 38.6 Å². The van der Waals surface area contributed by atoms with Crippen molar-refractivity contribution in [3.63, 3.8) is 0 Å². The molecule has 0 aromatic heterocycles. The van der Waals surface area contributed by atoms with Gasteiger partial charge >= 0.3 is 0 Å². The van der Waals surface area contributed by atoms with Crippen molar-refractivity contribution in [2.75, 3.05) is 6.54 Å². The molecule has 0 radical (unpaired) electrons. The first-order valence-corrected chi connectivity index (χ1v) is 6.39. The summed E-state index contributed by atoms with van der Waals surface area (Å²) in [6.45, 7) is 4.26. The molecule has 0 aliphatic carbocycles. The monoisotopic (exact) mass is 306 g/mol. The predicted octanol–water partition coefficient (Wildman–Crippen LogP) is 2.56. The number of nitrogens with one attached hydrogen (secondary N) is 1. The zero-order chi connectivity index (χ0) is 14.5. The Hall–Kier alpha value is -1.20. The largest absolute Gasteiger partial charge is 0.354 e. The number of carbonyl (C=O) groups excluding carboxylic acids is 1. The molecule has 1 aromatic rings. The second kappa shape index (κ2) is 8.17. The molecule has 3 nitrogen and oxygen atoms in total. The molecule has 0 aliphatic rings. The van der Waals surface area contributed by atoms with Crippen molar-refractivity contribution in [1.82, 2.24) is 5.32 Å². The van der Waals surface area contributed by atoms with Crippen molar-refractivity contribution < 1.29 is 13.6 Å². The highest BCUT2D eigenvalue weighted by molar-refractivity contribution is 5.85. The Morgan fingerprint density at radius 2 is 1.90 bits per heavy atom. The summed E-state index contributed by atoms with van der Waals surface area (Å²) in [5.41, 5.74) is 5.79. The molecule has 6 heteroatoms. The highest BCUT2D eigenvalue weighted by Crippen LogP contribution is 2.11. The lowest BCUT2D eigenvalue weighted by Gasteiger charge is -2.26. The third-order valence-corrected chi connectivity index (χ3v) is 3.41. The van der Waals surface area contributed by atoms with Gasteiger partial charge in [-0.1, -0.05) is 19.9 Å². The minimum atomic E-state index is -0.708. The average molecular weight is 307 g/mol. The van der Waals surface area contributed by atoms with Gasteiger partial charge in [0.2, 0.25) is 5.91 Å². The first kappa shape index (κ1) is 18.8. The zero-order valence-corrected chi connectivity index (χ0v) is 12.5. The SMILES string of the molecule is CCC(N)(CC)CNC(=O)Cc1ccc(F)cc1F.Cl. The van der Waals surface area contributed by atoms with Crippen LogP contribution in [0.3, 0.4) is 0 Å². The average Bonchev–Trinajstić information content (AvgIpc) is 2.39. The molecule has 0 saturated heterocycles. The van der Waals surface area contributed by atoms with E-state index in [1.807, 2.05) is 13.8 Å². The second-order valence-corrected chi connectivity index (χ2v) is 4.76. The van der Waals surface area contributed by atoms with Gasteiger partial charge in [-0.15, -0.1) is 12.4 Å². The summed E-state index contributed by atoms with van der Waals surface area (Å²) in [6.07, 6.45) is 1.37. The number of rotatable bonds is 6. The van der Waals surface area contributed by atoms with Gasteiger partial charge in [0.15, 0.2) is 0 Å². The van der Waals surface area contributed by atoms with Crippen LogP contribution in [-0.4, -0.2) is 18.0 Å². The number of hydrogen-bond donors (Lipinski definition) is 2. The highest BCUT2D eigenvalue weighted by atomic mass is 35.5. The van der Waals surface area contributed by atoms with Crippen LogP contribution < -0.4 is 11.1 Å². The normalized spacial score (nSPS) is 10.8. The Labute approximate surface area is 124 Å².